The quantitative estimate of drug-likeness (QED) is 0.514. The first-order valence-corrected chi connectivity index (χ1v) is 4.52. The van der Waals surface area contributed by atoms with Gasteiger partial charge in [0.1, 0.15) is 0 Å². The Kier molecular flexibility index (Phi) is 5.64. The minimum Gasteiger partial charge on any atom is -0.265 e. The molecule has 0 rings (SSSR count). The van der Waals surface area contributed by atoms with Crippen LogP contribution < -0.4 is 0 Å². The average Bonchev–Trinajstić information content (AvgIpc) is 1.98. The molecule has 0 amide bonds. The van der Waals surface area contributed by atoms with Gasteiger partial charge < -0.3 is 0 Å². The molecule has 0 aliphatic heterocycles. The van der Waals surface area contributed by atoms with Gasteiger partial charge in [-0.3, -0.25) is 4.99 Å². The largest absolute Gasteiger partial charge is 0.265 e. The molecule has 0 saturated carbocycles. The summed E-state index contributed by atoms with van der Waals surface area (Å²) in [4.78, 5) is 3.94. The summed E-state index contributed by atoms with van der Waals surface area (Å²) in [6, 6.07) is 0. The second kappa shape index (κ2) is 5.95. The number of hydrogen-bond acceptors (Lipinski definition) is 1. The van der Waals surface area contributed by atoms with Crippen molar-refractivity contribution in [2.24, 2.45) is 4.99 Å². The minimum atomic E-state index is 1.12. The van der Waals surface area contributed by atoms with Crippen LogP contribution in [0.2, 0.25) is 0 Å². The molecule has 0 aromatic heterocycles. The zero-order valence-electron chi connectivity index (χ0n) is 7.76. The fraction of sp³-hybridized carbons (Fsp3) is 0.300. The molecule has 0 heterocycles. The third-order valence-corrected chi connectivity index (χ3v) is 1.64. The number of halogens is 1. The van der Waals surface area contributed by atoms with Crippen LogP contribution in [0.4, 0.5) is 0 Å². The van der Waals surface area contributed by atoms with Gasteiger partial charge in [0, 0.05) is 12.4 Å². The van der Waals surface area contributed by atoms with E-state index in [0.29, 0.717) is 0 Å². The van der Waals surface area contributed by atoms with Crippen LogP contribution in [-0.2, 0) is 0 Å². The lowest BCUT2D eigenvalue weighted by atomic mass is 10.1. The van der Waals surface area contributed by atoms with Crippen molar-refractivity contribution in [3.63, 3.8) is 0 Å². The second-order valence-corrected chi connectivity index (χ2v) is 3.81. The molecule has 0 atom stereocenters. The van der Waals surface area contributed by atoms with Crippen molar-refractivity contribution in [2.45, 2.75) is 20.8 Å². The lowest BCUT2D eigenvalue weighted by Crippen LogP contribution is -1.82. The smallest absolute Gasteiger partial charge is 0.0299 e. The zero-order valence-corrected chi connectivity index (χ0v) is 9.35. The van der Waals surface area contributed by atoms with E-state index in [-0.39, 0.29) is 0 Å². The Balaban J connectivity index is 4.57. The van der Waals surface area contributed by atoms with Crippen molar-refractivity contribution >= 4 is 22.1 Å². The van der Waals surface area contributed by atoms with Crippen LogP contribution >= 0.6 is 15.9 Å². The number of aliphatic imine (C=N–C) groups is 1. The Hall–Kier alpha value is -0.630. The van der Waals surface area contributed by atoms with E-state index in [0.717, 1.165) is 10.1 Å². The molecule has 0 aliphatic rings. The standard InChI is InChI=1S/C10H14BrN/c1-5-12-7-9(3)8(2)6-10(4)11/h5-7H,1H2,2-4H3/b9-8+,10-6+,12-7?. The predicted molar refractivity (Wildman–Crippen MR) is 59.7 cm³/mol. The van der Waals surface area contributed by atoms with Crippen LogP contribution in [0.1, 0.15) is 20.8 Å². The van der Waals surface area contributed by atoms with E-state index in [1.807, 2.05) is 13.8 Å². The highest BCUT2D eigenvalue weighted by Crippen LogP contribution is 2.10. The summed E-state index contributed by atoms with van der Waals surface area (Å²) < 4.78 is 1.12. The van der Waals surface area contributed by atoms with Crippen molar-refractivity contribution < 1.29 is 0 Å². The molecule has 0 radical (unpaired) electrons. The van der Waals surface area contributed by atoms with Gasteiger partial charge >= 0.3 is 0 Å². The van der Waals surface area contributed by atoms with Gasteiger partial charge in [0.2, 0.25) is 0 Å². The number of rotatable bonds is 3. The Morgan fingerprint density at radius 1 is 1.25 bits per heavy atom. The molecule has 66 valence electrons. The van der Waals surface area contributed by atoms with Gasteiger partial charge in [-0.25, -0.2) is 0 Å². The molecule has 0 fully saturated rings. The maximum atomic E-state index is 3.94. The molecule has 0 aromatic carbocycles. The van der Waals surface area contributed by atoms with Crippen LogP contribution in [0.15, 0.2) is 39.5 Å². The maximum Gasteiger partial charge on any atom is 0.0299 e. The third kappa shape index (κ3) is 5.08. The molecule has 0 saturated heterocycles. The molecule has 1 nitrogen and oxygen atoms in total. The molecule has 0 unspecified atom stereocenters. The van der Waals surface area contributed by atoms with E-state index in [9.17, 15) is 0 Å². The van der Waals surface area contributed by atoms with Crippen LogP contribution in [-0.4, -0.2) is 6.21 Å². The van der Waals surface area contributed by atoms with Gasteiger partial charge in [-0.1, -0.05) is 22.5 Å². The average molecular weight is 228 g/mol. The SMILES string of the molecule is C=CN=C/C(C)=C(C)/C=C(\C)Br. The minimum absolute atomic E-state index is 1.12. The lowest BCUT2D eigenvalue weighted by Gasteiger charge is -1.96. The zero-order chi connectivity index (χ0) is 9.56. The summed E-state index contributed by atoms with van der Waals surface area (Å²) >= 11 is 3.37. The molecule has 0 aromatic rings. The highest BCUT2D eigenvalue weighted by Gasteiger charge is 1.89. The molecule has 0 bridgehead atoms. The van der Waals surface area contributed by atoms with Crippen LogP contribution in [0.25, 0.3) is 0 Å². The van der Waals surface area contributed by atoms with E-state index in [2.05, 4.69) is 40.5 Å². The van der Waals surface area contributed by atoms with Crippen LogP contribution in [0.5, 0.6) is 0 Å². The van der Waals surface area contributed by atoms with Crippen molar-refractivity contribution in [3.8, 4) is 0 Å². The predicted octanol–water partition coefficient (Wildman–Crippen LogP) is 3.84. The van der Waals surface area contributed by atoms with Crippen LogP contribution in [0.3, 0.4) is 0 Å². The Morgan fingerprint density at radius 3 is 2.25 bits per heavy atom. The first-order valence-electron chi connectivity index (χ1n) is 3.73. The summed E-state index contributed by atoms with van der Waals surface area (Å²) in [5, 5.41) is 0. The van der Waals surface area contributed by atoms with Gasteiger partial charge in [-0.2, -0.15) is 0 Å². The molecule has 0 spiro atoms. The van der Waals surface area contributed by atoms with Crippen LogP contribution in [0, 0.1) is 0 Å². The lowest BCUT2D eigenvalue weighted by molar-refractivity contribution is 1.40. The van der Waals surface area contributed by atoms with Crippen molar-refractivity contribution in [3.05, 3.63) is 34.5 Å². The number of allylic oxidation sites excluding steroid dienone is 4. The topological polar surface area (TPSA) is 12.4 Å². The van der Waals surface area contributed by atoms with Gasteiger partial charge in [-0.05, 0) is 42.5 Å². The monoisotopic (exact) mass is 227 g/mol. The molecule has 12 heavy (non-hydrogen) atoms. The van der Waals surface area contributed by atoms with Crippen molar-refractivity contribution in [1.82, 2.24) is 0 Å². The van der Waals surface area contributed by atoms with E-state index in [1.165, 1.54) is 11.8 Å². The van der Waals surface area contributed by atoms with Gasteiger partial charge in [0.15, 0.2) is 0 Å². The summed E-state index contributed by atoms with van der Waals surface area (Å²) in [6.45, 7) is 9.58. The Morgan fingerprint density at radius 2 is 1.83 bits per heavy atom. The Bertz CT molecular complexity index is 243. The summed E-state index contributed by atoms with van der Waals surface area (Å²) in [6.07, 6.45) is 5.39. The normalized spacial score (nSPS) is 14.8. The second-order valence-electron chi connectivity index (χ2n) is 2.56. The maximum absolute atomic E-state index is 3.94. The van der Waals surface area contributed by atoms with E-state index >= 15 is 0 Å². The highest BCUT2D eigenvalue weighted by atomic mass is 79.9. The van der Waals surface area contributed by atoms with Crippen molar-refractivity contribution in [1.29, 1.82) is 0 Å². The summed E-state index contributed by atoms with van der Waals surface area (Å²) in [5.41, 5.74) is 2.35. The number of nitrogens with zero attached hydrogens (tertiary/aromatic N) is 1. The fourth-order valence-electron chi connectivity index (χ4n) is 0.678. The summed E-state index contributed by atoms with van der Waals surface area (Å²) in [7, 11) is 0. The first-order chi connectivity index (χ1) is 5.57. The van der Waals surface area contributed by atoms with Gasteiger partial charge in [0.05, 0.1) is 0 Å². The van der Waals surface area contributed by atoms with E-state index < -0.39 is 0 Å². The van der Waals surface area contributed by atoms with E-state index in [4.69, 9.17) is 0 Å². The molecule has 2 heteroatoms. The van der Waals surface area contributed by atoms with Crippen molar-refractivity contribution in [2.75, 3.05) is 0 Å². The highest BCUT2D eigenvalue weighted by molar-refractivity contribution is 9.11. The molecular formula is C10H14BrN. The number of hydrogen-bond donors (Lipinski definition) is 0. The molecule has 0 aliphatic carbocycles. The van der Waals surface area contributed by atoms with Gasteiger partial charge in [0.25, 0.3) is 0 Å². The third-order valence-electron chi connectivity index (χ3n) is 1.41. The molecule has 0 N–H and O–H groups in total. The fourth-order valence-corrected chi connectivity index (χ4v) is 1.02. The molecular weight excluding hydrogens is 214 g/mol. The first kappa shape index (κ1) is 11.4. The van der Waals surface area contributed by atoms with E-state index in [1.54, 1.807) is 6.21 Å². The van der Waals surface area contributed by atoms with Gasteiger partial charge in [-0.15, -0.1) is 0 Å². The summed E-state index contributed by atoms with van der Waals surface area (Å²) in [5.74, 6) is 0. The Labute approximate surface area is 82.7 Å².